The van der Waals surface area contributed by atoms with Crippen LogP contribution in [0.4, 0.5) is 0 Å². The number of H-pyrrole nitrogens is 1. The summed E-state index contributed by atoms with van der Waals surface area (Å²) in [5, 5.41) is 3.04. The second-order valence-electron chi connectivity index (χ2n) is 7.04. The Morgan fingerprint density at radius 2 is 2.04 bits per heavy atom. The number of methoxy groups -OCH3 is 1. The van der Waals surface area contributed by atoms with Crippen LogP contribution in [0.2, 0.25) is 0 Å². The predicted octanol–water partition coefficient (Wildman–Crippen LogP) is 2.97. The SMILES string of the molecule is COC(=O)C1(NC(=O)C2=Cc3cc[nH]c3CCC2C)CCCCC1. The Bertz CT molecular complexity index is 653. The Kier molecular flexibility index (Phi) is 4.78. The molecule has 1 aromatic rings. The van der Waals surface area contributed by atoms with E-state index in [-0.39, 0.29) is 17.8 Å². The van der Waals surface area contributed by atoms with Crippen molar-refractivity contribution >= 4 is 18.0 Å². The second-order valence-corrected chi connectivity index (χ2v) is 7.04. The largest absolute Gasteiger partial charge is 0.467 e. The summed E-state index contributed by atoms with van der Waals surface area (Å²) in [7, 11) is 1.39. The lowest BCUT2D eigenvalue weighted by molar-refractivity contribution is -0.152. The van der Waals surface area contributed by atoms with Crippen LogP contribution in [0.3, 0.4) is 0 Å². The molecule has 5 nitrogen and oxygen atoms in total. The first-order chi connectivity index (χ1) is 11.6. The van der Waals surface area contributed by atoms with Crippen LogP contribution in [0.5, 0.6) is 0 Å². The molecule has 2 N–H and O–H groups in total. The van der Waals surface area contributed by atoms with Crippen molar-refractivity contribution < 1.29 is 14.3 Å². The number of amides is 1. The van der Waals surface area contributed by atoms with Crippen molar-refractivity contribution in [2.45, 2.75) is 57.4 Å². The molecule has 2 aliphatic rings. The number of ether oxygens (including phenoxy) is 1. The number of hydrogen-bond donors (Lipinski definition) is 2. The van der Waals surface area contributed by atoms with Gasteiger partial charge in [-0.05, 0) is 49.3 Å². The van der Waals surface area contributed by atoms with Crippen LogP contribution in [-0.2, 0) is 20.7 Å². The van der Waals surface area contributed by atoms with Crippen LogP contribution in [-0.4, -0.2) is 29.5 Å². The summed E-state index contributed by atoms with van der Waals surface area (Å²) >= 11 is 0. The third-order valence-electron chi connectivity index (χ3n) is 5.44. The summed E-state index contributed by atoms with van der Waals surface area (Å²) in [4.78, 5) is 28.6. The van der Waals surface area contributed by atoms with Gasteiger partial charge in [0.25, 0.3) is 0 Å². The first kappa shape index (κ1) is 16.8. The van der Waals surface area contributed by atoms with Crippen molar-refractivity contribution in [2.24, 2.45) is 5.92 Å². The monoisotopic (exact) mass is 330 g/mol. The van der Waals surface area contributed by atoms with Gasteiger partial charge in [-0.15, -0.1) is 0 Å². The van der Waals surface area contributed by atoms with E-state index in [0.717, 1.165) is 43.2 Å². The molecule has 1 amide bonds. The molecule has 0 saturated heterocycles. The van der Waals surface area contributed by atoms with E-state index >= 15 is 0 Å². The van der Waals surface area contributed by atoms with Crippen molar-refractivity contribution in [1.29, 1.82) is 0 Å². The number of nitrogens with one attached hydrogen (secondary N) is 2. The van der Waals surface area contributed by atoms with Crippen molar-refractivity contribution in [3.8, 4) is 0 Å². The van der Waals surface area contributed by atoms with E-state index in [0.29, 0.717) is 12.8 Å². The standard InChI is InChI=1S/C19H26N2O3/c1-13-6-7-16-14(8-11-20-16)12-15(13)17(22)21-19(18(23)24-2)9-4-3-5-10-19/h8,11-13,20H,3-7,9-10H2,1-2H3,(H,21,22). The Morgan fingerprint density at radius 1 is 1.29 bits per heavy atom. The van der Waals surface area contributed by atoms with E-state index in [9.17, 15) is 9.59 Å². The number of esters is 1. The molecule has 1 saturated carbocycles. The molecule has 1 fully saturated rings. The number of aryl methyl sites for hydroxylation is 1. The molecule has 2 aliphatic carbocycles. The van der Waals surface area contributed by atoms with Gasteiger partial charge in [-0.1, -0.05) is 26.2 Å². The molecular weight excluding hydrogens is 304 g/mol. The third-order valence-corrected chi connectivity index (χ3v) is 5.44. The van der Waals surface area contributed by atoms with E-state index in [2.05, 4.69) is 17.2 Å². The van der Waals surface area contributed by atoms with E-state index in [1.807, 2.05) is 18.3 Å². The quantitative estimate of drug-likeness (QED) is 0.837. The minimum atomic E-state index is -0.863. The molecule has 0 bridgehead atoms. The third kappa shape index (κ3) is 3.12. The fourth-order valence-corrected chi connectivity index (χ4v) is 3.90. The molecule has 0 aliphatic heterocycles. The summed E-state index contributed by atoms with van der Waals surface area (Å²) in [5.41, 5.74) is 2.13. The highest BCUT2D eigenvalue weighted by atomic mass is 16.5. The van der Waals surface area contributed by atoms with E-state index in [1.54, 1.807) is 0 Å². The zero-order chi connectivity index (χ0) is 17.2. The van der Waals surface area contributed by atoms with Gasteiger partial charge in [-0.3, -0.25) is 4.79 Å². The van der Waals surface area contributed by atoms with Crippen LogP contribution in [0.15, 0.2) is 17.8 Å². The summed E-state index contributed by atoms with van der Waals surface area (Å²) in [6, 6.07) is 2.00. The van der Waals surface area contributed by atoms with Crippen LogP contribution in [0.1, 0.15) is 56.7 Å². The normalized spacial score (nSPS) is 22.8. The summed E-state index contributed by atoms with van der Waals surface area (Å²) in [5.74, 6) is -0.298. The number of fused-ring (bicyclic) bond motifs is 1. The average molecular weight is 330 g/mol. The van der Waals surface area contributed by atoms with Gasteiger partial charge in [0, 0.05) is 17.5 Å². The fourth-order valence-electron chi connectivity index (χ4n) is 3.90. The van der Waals surface area contributed by atoms with Gasteiger partial charge in [0.15, 0.2) is 0 Å². The lowest BCUT2D eigenvalue weighted by Crippen LogP contribution is -2.56. The van der Waals surface area contributed by atoms with Gasteiger partial charge in [-0.2, -0.15) is 0 Å². The highest BCUT2D eigenvalue weighted by Crippen LogP contribution is 2.32. The molecule has 0 radical (unpaired) electrons. The number of hydrogen-bond acceptors (Lipinski definition) is 3. The Hall–Kier alpha value is -2.04. The maximum absolute atomic E-state index is 13.0. The fraction of sp³-hybridized carbons (Fsp3) is 0.579. The maximum atomic E-state index is 13.0. The minimum absolute atomic E-state index is 0.135. The summed E-state index contributed by atoms with van der Waals surface area (Å²) < 4.78 is 5.00. The number of carbonyl (C=O) groups excluding carboxylic acids is 2. The lowest BCUT2D eigenvalue weighted by Gasteiger charge is -2.35. The van der Waals surface area contributed by atoms with Crippen molar-refractivity contribution in [3.63, 3.8) is 0 Å². The summed E-state index contributed by atoms with van der Waals surface area (Å²) in [6.07, 6.45) is 10.00. The van der Waals surface area contributed by atoms with Crippen LogP contribution in [0.25, 0.3) is 6.08 Å². The van der Waals surface area contributed by atoms with Crippen LogP contribution < -0.4 is 5.32 Å². The molecule has 3 rings (SSSR count). The van der Waals surface area contributed by atoms with Crippen LogP contribution >= 0.6 is 0 Å². The molecule has 24 heavy (non-hydrogen) atoms. The first-order valence-electron chi connectivity index (χ1n) is 8.84. The van der Waals surface area contributed by atoms with Gasteiger partial charge in [-0.25, -0.2) is 4.79 Å². The van der Waals surface area contributed by atoms with Crippen LogP contribution in [0, 0.1) is 5.92 Å². The molecule has 5 heteroatoms. The van der Waals surface area contributed by atoms with E-state index < -0.39 is 5.54 Å². The molecule has 1 aromatic heterocycles. The average Bonchev–Trinajstić information content (AvgIpc) is 2.98. The molecule has 1 heterocycles. The van der Waals surface area contributed by atoms with E-state index in [1.165, 1.54) is 12.8 Å². The molecule has 130 valence electrons. The lowest BCUT2D eigenvalue weighted by atomic mass is 9.81. The zero-order valence-electron chi connectivity index (χ0n) is 14.5. The molecule has 1 unspecified atom stereocenters. The number of rotatable bonds is 3. The smallest absolute Gasteiger partial charge is 0.331 e. The summed E-state index contributed by atoms with van der Waals surface area (Å²) in [6.45, 7) is 2.07. The maximum Gasteiger partial charge on any atom is 0.331 e. The Morgan fingerprint density at radius 3 is 2.75 bits per heavy atom. The topological polar surface area (TPSA) is 71.2 Å². The van der Waals surface area contributed by atoms with E-state index in [4.69, 9.17) is 4.74 Å². The Labute approximate surface area is 142 Å². The van der Waals surface area contributed by atoms with Crippen molar-refractivity contribution in [3.05, 3.63) is 29.1 Å². The van der Waals surface area contributed by atoms with Gasteiger partial charge in [0.2, 0.25) is 5.91 Å². The van der Waals surface area contributed by atoms with Gasteiger partial charge >= 0.3 is 5.97 Å². The zero-order valence-corrected chi connectivity index (χ0v) is 14.5. The minimum Gasteiger partial charge on any atom is -0.467 e. The van der Waals surface area contributed by atoms with Crippen molar-refractivity contribution in [1.82, 2.24) is 10.3 Å². The second kappa shape index (κ2) is 6.83. The molecular formula is C19H26N2O3. The first-order valence-corrected chi connectivity index (χ1v) is 8.84. The number of carbonyl (C=O) groups is 2. The van der Waals surface area contributed by atoms with Gasteiger partial charge < -0.3 is 15.0 Å². The van der Waals surface area contributed by atoms with Gasteiger partial charge in [0.05, 0.1) is 7.11 Å². The number of aromatic amines is 1. The molecule has 0 spiro atoms. The van der Waals surface area contributed by atoms with Gasteiger partial charge in [0.1, 0.15) is 5.54 Å². The predicted molar refractivity (Wildman–Crippen MR) is 92.2 cm³/mol. The number of aromatic nitrogens is 1. The highest BCUT2D eigenvalue weighted by molar-refractivity contribution is 6.01. The molecule has 0 aromatic carbocycles. The Balaban J connectivity index is 1.86. The highest BCUT2D eigenvalue weighted by Gasteiger charge is 2.42. The van der Waals surface area contributed by atoms with Crippen molar-refractivity contribution in [2.75, 3.05) is 7.11 Å². The molecule has 1 atom stereocenters.